The van der Waals surface area contributed by atoms with E-state index in [4.69, 9.17) is 11.6 Å². The van der Waals surface area contributed by atoms with E-state index in [1.807, 2.05) is 0 Å². The predicted molar refractivity (Wildman–Crippen MR) is 92.1 cm³/mol. The lowest BCUT2D eigenvalue weighted by Crippen LogP contribution is -2.37. The third-order valence-corrected chi connectivity index (χ3v) is 4.62. The topological polar surface area (TPSA) is 63.2 Å². The number of aromatic nitrogens is 1. The van der Waals surface area contributed by atoms with Crippen molar-refractivity contribution in [2.75, 3.05) is 13.1 Å². The first kappa shape index (κ1) is 22.3. The molecule has 1 atom stereocenters. The molecule has 1 amide bonds. The number of amides is 1. The van der Waals surface area contributed by atoms with Crippen LogP contribution >= 0.6 is 11.6 Å². The van der Waals surface area contributed by atoms with E-state index in [2.05, 4.69) is 20.4 Å². The Kier molecular flexibility index (Phi) is 6.01. The molecule has 1 aromatic heterocycles. The van der Waals surface area contributed by atoms with Gasteiger partial charge in [0, 0.05) is 24.4 Å². The summed E-state index contributed by atoms with van der Waals surface area (Å²) in [7, 11) is 0. The van der Waals surface area contributed by atoms with E-state index < -0.39 is 66.1 Å². The van der Waals surface area contributed by atoms with Crippen LogP contribution in [-0.4, -0.2) is 42.6 Å². The maximum absolute atomic E-state index is 13.4. The highest BCUT2D eigenvalue weighted by Gasteiger charge is 2.39. The lowest BCUT2D eigenvalue weighted by atomic mass is 10.1. The summed E-state index contributed by atoms with van der Waals surface area (Å²) in [4.78, 5) is 15.9. The fraction of sp³-hybridized carbons (Fsp3) is 0.412. The Morgan fingerprint density at radius 3 is 2.60 bits per heavy atom. The van der Waals surface area contributed by atoms with Gasteiger partial charge in [0.1, 0.15) is 11.4 Å². The third kappa shape index (κ3) is 5.04. The van der Waals surface area contributed by atoms with E-state index in [1.165, 1.54) is 0 Å². The number of halogens is 8. The van der Waals surface area contributed by atoms with Gasteiger partial charge in [0.05, 0.1) is 22.6 Å². The molecule has 0 bridgehead atoms. The van der Waals surface area contributed by atoms with Gasteiger partial charge in [-0.3, -0.25) is 4.79 Å². The van der Waals surface area contributed by atoms with Crippen molar-refractivity contribution in [1.29, 1.82) is 0 Å². The van der Waals surface area contributed by atoms with Crippen LogP contribution in [0.15, 0.2) is 18.2 Å². The number of rotatable bonds is 5. The molecule has 1 saturated heterocycles. The van der Waals surface area contributed by atoms with Crippen molar-refractivity contribution in [3.8, 4) is 5.75 Å². The lowest BCUT2D eigenvalue weighted by Gasteiger charge is -2.15. The Balaban J connectivity index is 1.92. The minimum atomic E-state index is -5.01. The van der Waals surface area contributed by atoms with Gasteiger partial charge >= 0.3 is 12.8 Å². The lowest BCUT2D eigenvalue weighted by molar-refractivity contribution is -0.136. The van der Waals surface area contributed by atoms with Crippen molar-refractivity contribution in [2.45, 2.75) is 31.2 Å². The predicted octanol–water partition coefficient (Wildman–Crippen LogP) is 4.24. The van der Waals surface area contributed by atoms with Crippen LogP contribution < -0.4 is 15.4 Å². The Morgan fingerprint density at radius 1 is 1.33 bits per heavy atom. The minimum Gasteiger partial charge on any atom is -0.435 e. The number of alkyl halides is 7. The number of hydrogen-bond acceptors (Lipinski definition) is 4. The number of fused-ring (bicyclic) bond motifs is 1. The monoisotopic (exact) mass is 459 g/mol. The number of carbonyl (C=O) groups excluding carboxylic acids is 1. The second-order valence-corrected chi connectivity index (χ2v) is 6.99. The number of nitrogens with one attached hydrogen (secondary N) is 2. The van der Waals surface area contributed by atoms with Gasteiger partial charge in [-0.2, -0.15) is 22.0 Å². The van der Waals surface area contributed by atoms with Gasteiger partial charge in [0.25, 0.3) is 11.8 Å². The third-order valence-electron chi connectivity index (χ3n) is 4.30. The molecule has 0 aliphatic carbocycles. The summed E-state index contributed by atoms with van der Waals surface area (Å²) in [5.74, 6) is -4.63. The van der Waals surface area contributed by atoms with Gasteiger partial charge in [-0.25, -0.2) is 13.8 Å². The highest BCUT2D eigenvalue weighted by molar-refractivity contribution is 6.35. The van der Waals surface area contributed by atoms with Gasteiger partial charge in [-0.15, -0.1) is 0 Å². The Bertz CT molecular complexity index is 968. The number of hydrogen-bond donors (Lipinski definition) is 2. The summed E-state index contributed by atoms with van der Waals surface area (Å²) >= 11 is 5.96. The normalized spacial score (nSPS) is 18.8. The van der Waals surface area contributed by atoms with E-state index >= 15 is 0 Å². The molecule has 0 radical (unpaired) electrons. The molecule has 0 spiro atoms. The van der Waals surface area contributed by atoms with Crippen molar-refractivity contribution in [2.24, 2.45) is 0 Å². The zero-order valence-corrected chi connectivity index (χ0v) is 15.6. The van der Waals surface area contributed by atoms with Crippen LogP contribution in [-0.2, 0) is 6.18 Å². The quantitative estimate of drug-likeness (QED) is 0.657. The zero-order chi connectivity index (χ0) is 22.3. The molecule has 1 aromatic carbocycles. The summed E-state index contributed by atoms with van der Waals surface area (Å²) in [5.41, 5.74) is -2.66. The summed E-state index contributed by atoms with van der Waals surface area (Å²) in [5, 5.41) is 4.10. The molecule has 1 fully saturated rings. The van der Waals surface area contributed by atoms with Gasteiger partial charge in [-0.05, 0) is 18.2 Å². The second kappa shape index (κ2) is 8.06. The standard InChI is InChI=1S/C17H13ClF7N3O2/c18-11-3-12(14(29)26-5-7-4-16(21,22)6-27-7)28-13-9(11)1-8(30-15(19)20)2-10(13)17(23,24)25/h1-3,7,15,27H,4-6H2,(H,26,29)/t7-/m1/s1. The van der Waals surface area contributed by atoms with E-state index in [-0.39, 0.29) is 17.0 Å². The molecule has 13 heteroatoms. The molecule has 2 aromatic rings. The first-order valence-corrected chi connectivity index (χ1v) is 8.79. The first-order valence-electron chi connectivity index (χ1n) is 8.41. The molecule has 2 N–H and O–H groups in total. The molecule has 5 nitrogen and oxygen atoms in total. The first-order chi connectivity index (χ1) is 13.9. The van der Waals surface area contributed by atoms with Gasteiger partial charge in [0.2, 0.25) is 0 Å². The van der Waals surface area contributed by atoms with E-state index in [0.717, 1.165) is 12.1 Å². The van der Waals surface area contributed by atoms with Crippen LogP contribution in [0.25, 0.3) is 10.9 Å². The minimum absolute atomic E-state index is 0.209. The summed E-state index contributed by atoms with van der Waals surface area (Å²) in [6.45, 7) is -4.12. The molecular formula is C17H13ClF7N3O2. The smallest absolute Gasteiger partial charge is 0.418 e. The van der Waals surface area contributed by atoms with Crippen molar-refractivity contribution in [1.82, 2.24) is 15.6 Å². The molecule has 30 heavy (non-hydrogen) atoms. The number of ether oxygens (including phenoxy) is 1. The SMILES string of the molecule is O=C(NC[C@H]1CC(F)(F)CN1)c1cc(Cl)c2cc(OC(F)F)cc(C(F)(F)F)c2n1. The fourth-order valence-electron chi connectivity index (χ4n) is 3.01. The van der Waals surface area contributed by atoms with Crippen molar-refractivity contribution >= 4 is 28.4 Å². The van der Waals surface area contributed by atoms with Crippen LogP contribution in [0.2, 0.25) is 5.02 Å². The number of benzene rings is 1. The Morgan fingerprint density at radius 2 is 2.03 bits per heavy atom. The van der Waals surface area contributed by atoms with E-state index in [0.29, 0.717) is 6.07 Å². The average molecular weight is 460 g/mol. The van der Waals surface area contributed by atoms with Crippen LogP contribution in [0.3, 0.4) is 0 Å². The van der Waals surface area contributed by atoms with Gasteiger partial charge in [-0.1, -0.05) is 11.6 Å². The molecule has 2 heterocycles. The molecule has 1 aliphatic rings. The van der Waals surface area contributed by atoms with E-state index in [1.54, 1.807) is 0 Å². The van der Waals surface area contributed by atoms with Gasteiger partial charge in [0.15, 0.2) is 0 Å². The van der Waals surface area contributed by atoms with Crippen LogP contribution in [0, 0.1) is 0 Å². The van der Waals surface area contributed by atoms with Crippen LogP contribution in [0.5, 0.6) is 5.75 Å². The van der Waals surface area contributed by atoms with Gasteiger partial charge < -0.3 is 15.4 Å². The summed E-state index contributed by atoms with van der Waals surface area (Å²) in [6, 6.07) is 1.39. The largest absolute Gasteiger partial charge is 0.435 e. The van der Waals surface area contributed by atoms with Crippen LogP contribution in [0.1, 0.15) is 22.5 Å². The number of nitrogens with zero attached hydrogens (tertiary/aromatic N) is 1. The van der Waals surface area contributed by atoms with E-state index in [9.17, 15) is 35.5 Å². The molecule has 3 rings (SSSR count). The second-order valence-electron chi connectivity index (χ2n) is 6.58. The van der Waals surface area contributed by atoms with Crippen molar-refractivity contribution < 1.29 is 40.3 Å². The maximum atomic E-state index is 13.4. The summed E-state index contributed by atoms with van der Waals surface area (Å²) in [6.07, 6.45) is -5.52. The molecule has 1 aliphatic heterocycles. The molecule has 0 unspecified atom stereocenters. The zero-order valence-electron chi connectivity index (χ0n) is 14.8. The summed E-state index contributed by atoms with van der Waals surface area (Å²) < 4.78 is 95.5. The molecular weight excluding hydrogens is 447 g/mol. The van der Waals surface area contributed by atoms with Crippen molar-refractivity contribution in [3.63, 3.8) is 0 Å². The highest BCUT2D eigenvalue weighted by Crippen LogP contribution is 2.39. The number of pyridine rings is 1. The maximum Gasteiger partial charge on any atom is 0.418 e. The molecule has 164 valence electrons. The molecule has 0 saturated carbocycles. The Hall–Kier alpha value is -2.34. The number of carbonyl (C=O) groups is 1. The highest BCUT2D eigenvalue weighted by atomic mass is 35.5. The van der Waals surface area contributed by atoms with Crippen LogP contribution in [0.4, 0.5) is 30.7 Å². The average Bonchev–Trinajstić information content (AvgIpc) is 2.97. The fourth-order valence-corrected chi connectivity index (χ4v) is 3.26. The van der Waals surface area contributed by atoms with Crippen molar-refractivity contribution in [3.05, 3.63) is 34.5 Å². The Labute approximate surface area is 169 Å².